The highest BCUT2D eigenvalue weighted by molar-refractivity contribution is 6.17. The van der Waals surface area contributed by atoms with Gasteiger partial charge in [0, 0.05) is 11.9 Å². The number of hydrogen-bond donors (Lipinski definition) is 1. The first-order valence-corrected chi connectivity index (χ1v) is 6.43. The summed E-state index contributed by atoms with van der Waals surface area (Å²) in [6.45, 7) is 1.19. The minimum atomic E-state index is -0.332. The molecule has 1 aliphatic rings. The first-order valence-electron chi connectivity index (χ1n) is 5.90. The molecule has 0 heterocycles. The zero-order valence-corrected chi connectivity index (χ0v) is 10.3. The van der Waals surface area contributed by atoms with Gasteiger partial charge in [-0.15, -0.1) is 11.6 Å². The minimum absolute atomic E-state index is 0.287. The van der Waals surface area contributed by atoms with Crippen LogP contribution in [0.3, 0.4) is 0 Å². The molecule has 0 bridgehead atoms. The van der Waals surface area contributed by atoms with E-state index in [1.807, 2.05) is 0 Å². The molecule has 0 aromatic rings. The van der Waals surface area contributed by atoms with Crippen molar-refractivity contribution in [1.82, 2.24) is 5.32 Å². The van der Waals surface area contributed by atoms with Gasteiger partial charge in [-0.25, -0.2) is 4.79 Å². The molecule has 4 nitrogen and oxygen atoms in total. The van der Waals surface area contributed by atoms with Crippen LogP contribution >= 0.6 is 11.6 Å². The lowest BCUT2D eigenvalue weighted by molar-refractivity contribution is 0.0773. The maximum atomic E-state index is 11.3. The predicted octanol–water partition coefficient (Wildman–Crippen LogP) is 2.30. The van der Waals surface area contributed by atoms with E-state index in [1.165, 1.54) is 19.3 Å². The molecule has 0 spiro atoms. The fourth-order valence-corrected chi connectivity index (χ4v) is 1.91. The molecule has 0 saturated heterocycles. The van der Waals surface area contributed by atoms with Crippen molar-refractivity contribution in [2.75, 3.05) is 25.7 Å². The Kier molecular flexibility index (Phi) is 7.34. The average Bonchev–Trinajstić information content (AvgIpc) is 2.30. The third-order valence-electron chi connectivity index (χ3n) is 2.61. The molecule has 1 fully saturated rings. The first kappa shape index (κ1) is 13.6. The van der Waals surface area contributed by atoms with Crippen LogP contribution in [0.5, 0.6) is 0 Å². The van der Waals surface area contributed by atoms with E-state index < -0.39 is 0 Å². The third kappa shape index (κ3) is 6.18. The Morgan fingerprint density at radius 2 is 1.94 bits per heavy atom. The normalized spacial score (nSPS) is 17.1. The molecule has 0 atom stereocenters. The summed E-state index contributed by atoms with van der Waals surface area (Å²) in [5.74, 6) is 0.467. The highest BCUT2D eigenvalue weighted by Gasteiger charge is 2.15. The topological polar surface area (TPSA) is 47.6 Å². The lowest BCUT2D eigenvalue weighted by atomic mass is 9.96. The van der Waals surface area contributed by atoms with Crippen molar-refractivity contribution in [3.05, 3.63) is 0 Å². The van der Waals surface area contributed by atoms with Gasteiger partial charge >= 0.3 is 6.09 Å². The molecule has 1 aliphatic carbocycles. The molecule has 0 unspecified atom stereocenters. The molecule has 5 heteroatoms. The number of carbonyl (C=O) groups is 1. The number of hydrogen-bond acceptors (Lipinski definition) is 3. The summed E-state index contributed by atoms with van der Waals surface area (Å²) in [5.41, 5.74) is 0. The maximum Gasteiger partial charge on any atom is 0.407 e. The van der Waals surface area contributed by atoms with Gasteiger partial charge in [-0.05, 0) is 12.8 Å². The molecule has 1 N–H and O–H groups in total. The van der Waals surface area contributed by atoms with E-state index in [4.69, 9.17) is 21.1 Å². The largest absolute Gasteiger partial charge is 0.447 e. The first-order chi connectivity index (χ1) is 7.83. The standard InChI is InChI=1S/C11H20ClNO3/c12-6-7-15-8-9-16-11(14)13-10-4-2-1-3-5-10/h10H,1-9H2,(H,13,14). The predicted molar refractivity (Wildman–Crippen MR) is 62.9 cm³/mol. The summed E-state index contributed by atoms with van der Waals surface area (Å²) in [7, 11) is 0. The van der Waals surface area contributed by atoms with E-state index in [0.717, 1.165) is 12.8 Å². The van der Waals surface area contributed by atoms with Crippen molar-refractivity contribution in [3.8, 4) is 0 Å². The molecular weight excluding hydrogens is 230 g/mol. The quantitative estimate of drug-likeness (QED) is 0.581. The van der Waals surface area contributed by atoms with Crippen molar-refractivity contribution in [2.45, 2.75) is 38.1 Å². The number of ether oxygens (including phenoxy) is 2. The van der Waals surface area contributed by atoms with E-state index in [9.17, 15) is 4.79 Å². The van der Waals surface area contributed by atoms with Gasteiger partial charge in [0.15, 0.2) is 0 Å². The minimum Gasteiger partial charge on any atom is -0.447 e. The Morgan fingerprint density at radius 3 is 2.62 bits per heavy atom. The highest BCUT2D eigenvalue weighted by atomic mass is 35.5. The number of halogens is 1. The lowest BCUT2D eigenvalue weighted by Gasteiger charge is -2.22. The Morgan fingerprint density at radius 1 is 1.19 bits per heavy atom. The van der Waals surface area contributed by atoms with Crippen molar-refractivity contribution in [2.24, 2.45) is 0 Å². The molecule has 1 rings (SSSR count). The van der Waals surface area contributed by atoms with Crippen LogP contribution < -0.4 is 5.32 Å². The van der Waals surface area contributed by atoms with Crippen molar-refractivity contribution in [1.29, 1.82) is 0 Å². The van der Waals surface area contributed by atoms with Gasteiger partial charge in [-0.3, -0.25) is 0 Å². The molecule has 0 aliphatic heterocycles. The number of alkyl halides is 1. The average molecular weight is 250 g/mol. The van der Waals surface area contributed by atoms with Gasteiger partial charge < -0.3 is 14.8 Å². The van der Waals surface area contributed by atoms with Gasteiger partial charge in [0.2, 0.25) is 0 Å². The second kappa shape index (κ2) is 8.65. The van der Waals surface area contributed by atoms with E-state index in [0.29, 0.717) is 25.1 Å². The maximum absolute atomic E-state index is 11.3. The third-order valence-corrected chi connectivity index (χ3v) is 2.76. The van der Waals surface area contributed by atoms with E-state index >= 15 is 0 Å². The second-order valence-corrected chi connectivity index (χ2v) is 4.29. The molecule has 1 saturated carbocycles. The van der Waals surface area contributed by atoms with Gasteiger partial charge in [-0.1, -0.05) is 19.3 Å². The van der Waals surface area contributed by atoms with Crippen LogP contribution in [0, 0.1) is 0 Å². The molecule has 94 valence electrons. The van der Waals surface area contributed by atoms with Gasteiger partial charge in [0.05, 0.1) is 13.2 Å². The van der Waals surface area contributed by atoms with Crippen LogP contribution in [-0.4, -0.2) is 37.8 Å². The molecular formula is C11H20ClNO3. The number of rotatable bonds is 6. The Balaban J connectivity index is 1.97. The molecule has 16 heavy (non-hydrogen) atoms. The summed E-state index contributed by atoms with van der Waals surface area (Å²) in [5, 5.41) is 2.87. The molecule has 1 amide bonds. The van der Waals surface area contributed by atoms with E-state index in [-0.39, 0.29) is 12.7 Å². The second-order valence-electron chi connectivity index (χ2n) is 3.92. The van der Waals surface area contributed by atoms with Gasteiger partial charge in [-0.2, -0.15) is 0 Å². The fraction of sp³-hybridized carbons (Fsp3) is 0.909. The summed E-state index contributed by atoms with van der Waals surface area (Å²) in [6.07, 6.45) is 5.48. The van der Waals surface area contributed by atoms with Crippen LogP contribution in [0.4, 0.5) is 4.79 Å². The van der Waals surface area contributed by atoms with Crippen molar-refractivity contribution >= 4 is 17.7 Å². The van der Waals surface area contributed by atoms with Crippen molar-refractivity contribution < 1.29 is 14.3 Å². The Labute approximate surface area is 102 Å². The van der Waals surface area contributed by atoms with E-state index in [2.05, 4.69) is 5.32 Å². The lowest BCUT2D eigenvalue weighted by Crippen LogP contribution is -2.37. The monoisotopic (exact) mass is 249 g/mol. The van der Waals surface area contributed by atoms with Gasteiger partial charge in [0.25, 0.3) is 0 Å². The highest BCUT2D eigenvalue weighted by Crippen LogP contribution is 2.17. The van der Waals surface area contributed by atoms with E-state index in [1.54, 1.807) is 0 Å². The number of nitrogens with one attached hydrogen (secondary N) is 1. The summed E-state index contributed by atoms with van der Waals surface area (Å²) >= 11 is 5.43. The SMILES string of the molecule is O=C(NC1CCCCC1)OCCOCCCl. The van der Waals surface area contributed by atoms with Crippen molar-refractivity contribution in [3.63, 3.8) is 0 Å². The summed E-state index contributed by atoms with van der Waals surface area (Å²) in [4.78, 5) is 11.3. The molecule has 0 radical (unpaired) electrons. The number of amides is 1. The van der Waals surface area contributed by atoms with Gasteiger partial charge in [0.1, 0.15) is 6.61 Å². The Bertz CT molecular complexity index is 196. The zero-order valence-electron chi connectivity index (χ0n) is 9.54. The smallest absolute Gasteiger partial charge is 0.407 e. The van der Waals surface area contributed by atoms with Crippen LogP contribution in [-0.2, 0) is 9.47 Å². The van der Waals surface area contributed by atoms with Crippen LogP contribution in [0.1, 0.15) is 32.1 Å². The number of carbonyl (C=O) groups excluding carboxylic acids is 1. The fourth-order valence-electron chi connectivity index (χ4n) is 1.81. The van der Waals surface area contributed by atoms with Crippen LogP contribution in [0.15, 0.2) is 0 Å². The zero-order chi connectivity index (χ0) is 11.6. The summed E-state index contributed by atoms with van der Waals surface area (Å²) < 4.78 is 10.1. The van der Waals surface area contributed by atoms with Crippen LogP contribution in [0.2, 0.25) is 0 Å². The Hall–Kier alpha value is -0.480. The van der Waals surface area contributed by atoms with Crippen LogP contribution in [0.25, 0.3) is 0 Å². The number of alkyl carbamates (subject to hydrolysis) is 1. The summed E-state index contributed by atoms with van der Waals surface area (Å²) in [6, 6.07) is 0.296. The molecule has 0 aromatic carbocycles. The molecule has 0 aromatic heterocycles.